The molecule has 5 heteroatoms. The van der Waals surface area contributed by atoms with Gasteiger partial charge in [-0.3, -0.25) is 4.79 Å². The van der Waals surface area contributed by atoms with Crippen molar-refractivity contribution in [1.82, 2.24) is 15.5 Å². The molecule has 0 saturated carbocycles. The molecule has 0 radical (unpaired) electrons. The lowest BCUT2D eigenvalue weighted by Crippen LogP contribution is -2.28. The summed E-state index contributed by atoms with van der Waals surface area (Å²) < 4.78 is 0. The first kappa shape index (κ1) is 18.0. The highest BCUT2D eigenvalue weighted by Gasteiger charge is 2.15. The highest BCUT2D eigenvalue weighted by molar-refractivity contribution is 8.00. The van der Waals surface area contributed by atoms with Crippen LogP contribution in [-0.4, -0.2) is 21.9 Å². The second kappa shape index (κ2) is 8.09. The van der Waals surface area contributed by atoms with E-state index in [1.165, 1.54) is 47.7 Å². The van der Waals surface area contributed by atoms with Gasteiger partial charge in [0.1, 0.15) is 5.03 Å². The largest absolute Gasteiger partial charge is 0.349 e. The smallest absolute Gasteiger partial charge is 0.230 e. The monoisotopic (exact) mass is 377 g/mol. The second-order valence-electron chi connectivity index (χ2n) is 7.05. The van der Waals surface area contributed by atoms with Gasteiger partial charge in [0.15, 0.2) is 0 Å². The summed E-state index contributed by atoms with van der Waals surface area (Å²) >= 11 is 1.43. The number of amides is 1. The van der Waals surface area contributed by atoms with E-state index in [0.29, 0.717) is 5.75 Å². The van der Waals surface area contributed by atoms with Crippen molar-refractivity contribution < 1.29 is 4.79 Å². The van der Waals surface area contributed by atoms with Crippen LogP contribution >= 0.6 is 11.8 Å². The van der Waals surface area contributed by atoms with E-state index >= 15 is 0 Å². The van der Waals surface area contributed by atoms with Gasteiger partial charge in [0.05, 0.1) is 18.0 Å². The third kappa shape index (κ3) is 4.14. The van der Waals surface area contributed by atoms with Crippen LogP contribution in [0.1, 0.15) is 42.5 Å². The highest BCUT2D eigenvalue weighted by Crippen LogP contribution is 2.26. The summed E-state index contributed by atoms with van der Waals surface area (Å²) in [5, 5.41) is 14.2. The summed E-state index contributed by atoms with van der Waals surface area (Å²) in [6.07, 6.45) is 6.63. The van der Waals surface area contributed by atoms with Gasteiger partial charge in [-0.05, 0) is 49.3 Å². The van der Waals surface area contributed by atoms with Crippen LogP contribution < -0.4 is 5.32 Å². The quantitative estimate of drug-likeness (QED) is 0.666. The molecule has 4 nitrogen and oxygen atoms in total. The molecule has 1 aliphatic rings. The van der Waals surface area contributed by atoms with Gasteiger partial charge >= 0.3 is 0 Å². The van der Waals surface area contributed by atoms with Crippen LogP contribution in [0, 0.1) is 0 Å². The topological polar surface area (TPSA) is 54.9 Å². The van der Waals surface area contributed by atoms with E-state index in [1.54, 1.807) is 6.20 Å². The molecule has 0 spiro atoms. The molecular weight excluding hydrogens is 354 g/mol. The molecule has 1 atom stereocenters. The van der Waals surface area contributed by atoms with Crippen molar-refractivity contribution in [2.75, 3.05) is 5.75 Å². The summed E-state index contributed by atoms with van der Waals surface area (Å²) in [5.41, 5.74) is 4.09. The Hall–Kier alpha value is -2.40. The Bertz CT molecular complexity index is 967. The van der Waals surface area contributed by atoms with Crippen LogP contribution in [0.5, 0.6) is 0 Å². The standard InChI is InChI=1S/C22H23N3OS/c1-15(17-11-10-16-6-2-3-7-18(16)12-17)24-21(26)14-27-22-20-9-5-4-8-19(20)13-23-25-22/h4-5,8-13,15H,2-3,6-7,14H2,1H3,(H,24,26)/t15-/m0/s1. The zero-order valence-electron chi connectivity index (χ0n) is 15.4. The van der Waals surface area contributed by atoms with Gasteiger partial charge in [-0.15, -0.1) is 5.10 Å². The fraction of sp³-hybridized carbons (Fsp3) is 0.318. The minimum Gasteiger partial charge on any atom is -0.349 e. The number of benzene rings is 2. The van der Waals surface area contributed by atoms with Crippen LogP contribution in [0.2, 0.25) is 0 Å². The summed E-state index contributed by atoms with van der Waals surface area (Å²) in [6, 6.07) is 14.6. The fourth-order valence-electron chi connectivity index (χ4n) is 3.63. The number of thioether (sulfide) groups is 1. The highest BCUT2D eigenvalue weighted by atomic mass is 32.2. The number of hydrogen-bond donors (Lipinski definition) is 1. The molecule has 1 amide bonds. The molecule has 0 fully saturated rings. The molecule has 0 bridgehead atoms. The Morgan fingerprint density at radius 2 is 1.96 bits per heavy atom. The van der Waals surface area contributed by atoms with Gasteiger partial charge in [-0.25, -0.2) is 0 Å². The molecule has 138 valence electrons. The predicted molar refractivity (Wildman–Crippen MR) is 110 cm³/mol. The molecule has 0 unspecified atom stereocenters. The van der Waals surface area contributed by atoms with Gasteiger partial charge in [0, 0.05) is 10.8 Å². The molecule has 1 N–H and O–H groups in total. The number of nitrogens with one attached hydrogen (secondary N) is 1. The molecule has 0 saturated heterocycles. The molecule has 27 heavy (non-hydrogen) atoms. The molecule has 1 aliphatic carbocycles. The number of aryl methyl sites for hydroxylation is 2. The van der Waals surface area contributed by atoms with Crippen LogP contribution in [0.4, 0.5) is 0 Å². The van der Waals surface area contributed by atoms with Crippen molar-refractivity contribution in [3.63, 3.8) is 0 Å². The van der Waals surface area contributed by atoms with E-state index in [9.17, 15) is 4.79 Å². The fourth-order valence-corrected chi connectivity index (χ4v) is 4.43. The Balaban J connectivity index is 1.39. The van der Waals surface area contributed by atoms with E-state index in [2.05, 4.69) is 33.7 Å². The van der Waals surface area contributed by atoms with Crippen molar-refractivity contribution in [3.05, 3.63) is 65.4 Å². The van der Waals surface area contributed by atoms with Gasteiger partial charge in [0.25, 0.3) is 0 Å². The van der Waals surface area contributed by atoms with Crippen LogP contribution in [-0.2, 0) is 17.6 Å². The van der Waals surface area contributed by atoms with Crippen LogP contribution in [0.3, 0.4) is 0 Å². The minimum atomic E-state index is 0.00364. The Kier molecular flexibility index (Phi) is 5.39. The van der Waals surface area contributed by atoms with E-state index in [0.717, 1.165) is 22.2 Å². The van der Waals surface area contributed by atoms with Crippen LogP contribution in [0.15, 0.2) is 53.7 Å². The Morgan fingerprint density at radius 3 is 2.85 bits per heavy atom. The number of carbonyl (C=O) groups excluding carboxylic acids is 1. The van der Waals surface area contributed by atoms with Gasteiger partial charge < -0.3 is 5.32 Å². The zero-order valence-corrected chi connectivity index (χ0v) is 16.3. The van der Waals surface area contributed by atoms with Crippen molar-refractivity contribution in [1.29, 1.82) is 0 Å². The summed E-state index contributed by atoms with van der Waals surface area (Å²) in [4.78, 5) is 12.4. The van der Waals surface area contributed by atoms with Gasteiger partial charge in [0.2, 0.25) is 5.91 Å². The molecule has 0 aliphatic heterocycles. The van der Waals surface area contributed by atoms with E-state index < -0.39 is 0 Å². The van der Waals surface area contributed by atoms with Crippen LogP contribution in [0.25, 0.3) is 10.8 Å². The van der Waals surface area contributed by atoms with Gasteiger partial charge in [-0.1, -0.05) is 54.2 Å². The van der Waals surface area contributed by atoms with E-state index in [4.69, 9.17) is 0 Å². The lowest BCUT2D eigenvalue weighted by atomic mass is 9.89. The average Bonchev–Trinajstić information content (AvgIpc) is 2.71. The SMILES string of the molecule is C[C@H](NC(=O)CSc1nncc2ccccc12)c1ccc2c(c1)CCCC2. The number of aromatic nitrogens is 2. The molecule has 1 aromatic heterocycles. The second-order valence-corrected chi connectivity index (χ2v) is 8.01. The summed E-state index contributed by atoms with van der Waals surface area (Å²) in [5.74, 6) is 0.345. The average molecular weight is 378 g/mol. The normalized spacial score (nSPS) is 14.6. The first-order chi connectivity index (χ1) is 13.2. The number of rotatable bonds is 5. The maximum absolute atomic E-state index is 12.4. The number of carbonyl (C=O) groups is 1. The van der Waals surface area contributed by atoms with Crippen molar-refractivity contribution >= 4 is 28.4 Å². The first-order valence-corrected chi connectivity index (χ1v) is 10.4. The molecule has 3 aromatic rings. The molecule has 4 rings (SSSR count). The third-order valence-electron chi connectivity index (χ3n) is 5.13. The molecule has 2 aromatic carbocycles. The maximum Gasteiger partial charge on any atom is 0.230 e. The van der Waals surface area contributed by atoms with E-state index in [-0.39, 0.29) is 11.9 Å². The lowest BCUT2D eigenvalue weighted by molar-refractivity contribution is -0.119. The number of hydrogen-bond acceptors (Lipinski definition) is 4. The molecular formula is C22H23N3OS. The maximum atomic E-state index is 12.4. The van der Waals surface area contributed by atoms with E-state index in [1.807, 2.05) is 31.2 Å². The van der Waals surface area contributed by atoms with Crippen molar-refractivity contribution in [2.24, 2.45) is 0 Å². The number of nitrogens with zero attached hydrogens (tertiary/aromatic N) is 2. The Labute approximate surface area is 163 Å². The van der Waals surface area contributed by atoms with Gasteiger partial charge in [-0.2, -0.15) is 5.10 Å². The summed E-state index contributed by atoms with van der Waals surface area (Å²) in [6.45, 7) is 2.05. The van der Waals surface area contributed by atoms with Crippen molar-refractivity contribution in [2.45, 2.75) is 43.7 Å². The predicted octanol–water partition coefficient (Wildman–Crippen LogP) is 4.48. The minimum absolute atomic E-state index is 0.00364. The Morgan fingerprint density at radius 1 is 1.15 bits per heavy atom. The summed E-state index contributed by atoms with van der Waals surface area (Å²) in [7, 11) is 0. The van der Waals surface area contributed by atoms with Crippen molar-refractivity contribution in [3.8, 4) is 0 Å². The third-order valence-corrected chi connectivity index (χ3v) is 6.11. The first-order valence-electron chi connectivity index (χ1n) is 9.45. The zero-order chi connectivity index (χ0) is 18.6. The molecule has 1 heterocycles. The number of fused-ring (bicyclic) bond motifs is 2. The lowest BCUT2D eigenvalue weighted by Gasteiger charge is -2.20.